The van der Waals surface area contributed by atoms with Crippen LogP contribution in [0.4, 0.5) is 10.5 Å². The number of para-hydroxylation sites is 1. The number of thiophene rings is 1. The Balaban J connectivity index is 1.70. The predicted molar refractivity (Wildman–Crippen MR) is 134 cm³/mol. The number of carbonyl (C=O) groups is 1. The summed E-state index contributed by atoms with van der Waals surface area (Å²) in [6.07, 6.45) is 0. The molecule has 0 saturated heterocycles. The zero-order valence-electron chi connectivity index (χ0n) is 18.4. The first-order valence-corrected chi connectivity index (χ1v) is 11.7. The lowest BCUT2D eigenvalue weighted by molar-refractivity contribution is 0.153. The summed E-state index contributed by atoms with van der Waals surface area (Å²) < 4.78 is 7.51. The third kappa shape index (κ3) is 4.53. The molecule has 0 spiro atoms. The molecule has 1 N–H and O–H groups in total. The molecular formula is C25H26ClN3O2S. The van der Waals surface area contributed by atoms with Crippen LogP contribution in [0.25, 0.3) is 21.5 Å². The van der Waals surface area contributed by atoms with E-state index in [-0.39, 0.29) is 6.03 Å². The number of nitrogens with zero attached hydrogens (tertiary/aromatic N) is 2. The van der Waals surface area contributed by atoms with Crippen LogP contribution in [0, 0.1) is 6.92 Å². The van der Waals surface area contributed by atoms with Gasteiger partial charge >= 0.3 is 6.03 Å². The Morgan fingerprint density at radius 2 is 2.00 bits per heavy atom. The summed E-state index contributed by atoms with van der Waals surface area (Å²) in [4.78, 5) is 16.2. The van der Waals surface area contributed by atoms with Crippen molar-refractivity contribution >= 4 is 45.6 Å². The highest BCUT2D eigenvalue weighted by atomic mass is 35.5. The number of amides is 2. The number of nitrogens with one attached hydrogen (secondary N) is 1. The Labute approximate surface area is 197 Å². The van der Waals surface area contributed by atoms with Gasteiger partial charge in [0.25, 0.3) is 0 Å². The van der Waals surface area contributed by atoms with E-state index in [9.17, 15) is 4.79 Å². The maximum absolute atomic E-state index is 13.3. The molecule has 0 radical (unpaired) electrons. The van der Waals surface area contributed by atoms with Gasteiger partial charge in [-0.2, -0.15) is 0 Å². The third-order valence-corrected chi connectivity index (χ3v) is 6.87. The van der Waals surface area contributed by atoms with Crippen molar-refractivity contribution in [2.45, 2.75) is 13.5 Å². The first-order chi connectivity index (χ1) is 15.5. The number of hydrogen-bond acceptors (Lipinski definition) is 3. The molecule has 0 aliphatic carbocycles. The molecule has 0 aliphatic heterocycles. The van der Waals surface area contributed by atoms with Crippen LogP contribution in [0.1, 0.15) is 11.1 Å². The van der Waals surface area contributed by atoms with E-state index in [0.717, 1.165) is 27.7 Å². The standard InChI is InChI=1S/C25H26ClN3O2S/c1-17-10-11-18(15-21(17)26)27-25(30)29(12-13-31-3)16-20-19-7-4-5-8-22(19)28(2)24(20)23-9-6-14-32-23/h4-11,14-15H,12-13,16H2,1-3H3,(H,27,30). The number of methoxy groups -OCH3 is 1. The van der Waals surface area contributed by atoms with E-state index in [1.165, 1.54) is 4.88 Å². The molecule has 2 aromatic carbocycles. The first-order valence-electron chi connectivity index (χ1n) is 10.4. The highest BCUT2D eigenvalue weighted by Gasteiger charge is 2.22. The highest BCUT2D eigenvalue weighted by Crippen LogP contribution is 2.36. The number of carbonyl (C=O) groups excluding carboxylic acids is 1. The van der Waals surface area contributed by atoms with E-state index in [1.54, 1.807) is 29.4 Å². The Morgan fingerprint density at radius 3 is 2.72 bits per heavy atom. The Bertz CT molecular complexity index is 1230. The predicted octanol–water partition coefficient (Wildman–Crippen LogP) is 6.55. The van der Waals surface area contributed by atoms with Crippen molar-refractivity contribution in [3.8, 4) is 10.6 Å². The monoisotopic (exact) mass is 467 g/mol. The Kier molecular flexibility index (Phi) is 6.84. The van der Waals surface area contributed by atoms with Crippen molar-refractivity contribution in [1.82, 2.24) is 9.47 Å². The lowest BCUT2D eigenvalue weighted by Crippen LogP contribution is -2.37. The van der Waals surface area contributed by atoms with Crippen LogP contribution in [-0.2, 0) is 18.3 Å². The molecule has 4 rings (SSSR count). The molecule has 2 aromatic heterocycles. The average Bonchev–Trinajstić information content (AvgIpc) is 3.40. The quantitative estimate of drug-likeness (QED) is 0.335. The number of anilines is 1. The molecule has 5 nitrogen and oxygen atoms in total. The summed E-state index contributed by atoms with van der Waals surface area (Å²) in [5, 5.41) is 6.84. The lowest BCUT2D eigenvalue weighted by atomic mass is 10.1. The van der Waals surface area contributed by atoms with E-state index in [1.807, 2.05) is 31.2 Å². The van der Waals surface area contributed by atoms with Crippen LogP contribution in [0.2, 0.25) is 5.02 Å². The lowest BCUT2D eigenvalue weighted by Gasteiger charge is -2.24. The number of benzene rings is 2. The topological polar surface area (TPSA) is 46.5 Å². The first kappa shape index (κ1) is 22.4. The molecule has 4 aromatic rings. The maximum Gasteiger partial charge on any atom is 0.322 e. The third-order valence-electron chi connectivity index (χ3n) is 5.59. The van der Waals surface area contributed by atoms with Crippen LogP contribution in [-0.4, -0.2) is 35.8 Å². The fourth-order valence-electron chi connectivity index (χ4n) is 3.88. The van der Waals surface area contributed by atoms with Crippen molar-refractivity contribution in [2.75, 3.05) is 25.6 Å². The van der Waals surface area contributed by atoms with Gasteiger partial charge in [0.05, 0.1) is 23.7 Å². The number of fused-ring (bicyclic) bond motifs is 1. The molecule has 2 heterocycles. The van der Waals surface area contributed by atoms with Gasteiger partial charge in [0.1, 0.15) is 0 Å². The van der Waals surface area contributed by atoms with Crippen LogP contribution >= 0.6 is 22.9 Å². The Morgan fingerprint density at radius 1 is 1.19 bits per heavy atom. The molecule has 0 saturated carbocycles. The van der Waals surface area contributed by atoms with Crippen LogP contribution in [0.15, 0.2) is 60.0 Å². The van der Waals surface area contributed by atoms with Gasteiger partial charge in [0, 0.05) is 47.9 Å². The number of hydrogen-bond donors (Lipinski definition) is 1. The van der Waals surface area contributed by atoms with Gasteiger partial charge < -0.3 is 19.5 Å². The molecule has 0 bridgehead atoms. The van der Waals surface area contributed by atoms with Gasteiger partial charge in [0.2, 0.25) is 0 Å². The van der Waals surface area contributed by atoms with Crippen LogP contribution in [0.3, 0.4) is 0 Å². The molecule has 0 atom stereocenters. The fraction of sp³-hybridized carbons (Fsp3) is 0.240. The van der Waals surface area contributed by atoms with Crippen molar-refractivity contribution < 1.29 is 9.53 Å². The maximum atomic E-state index is 13.3. The van der Waals surface area contributed by atoms with E-state index < -0.39 is 0 Å². The van der Waals surface area contributed by atoms with Crippen molar-refractivity contribution in [3.05, 3.63) is 76.1 Å². The zero-order valence-corrected chi connectivity index (χ0v) is 20.0. The van der Waals surface area contributed by atoms with Gasteiger partial charge in [-0.15, -0.1) is 11.3 Å². The van der Waals surface area contributed by atoms with Gasteiger partial charge in [0.15, 0.2) is 0 Å². The SMILES string of the molecule is COCCN(Cc1c(-c2cccs2)n(C)c2ccccc12)C(=O)Nc1ccc(C)c(Cl)c1. The van der Waals surface area contributed by atoms with E-state index in [4.69, 9.17) is 16.3 Å². The van der Waals surface area contributed by atoms with Crippen molar-refractivity contribution in [1.29, 1.82) is 0 Å². The van der Waals surface area contributed by atoms with Crippen molar-refractivity contribution in [3.63, 3.8) is 0 Å². The smallest absolute Gasteiger partial charge is 0.322 e. The second-order valence-electron chi connectivity index (χ2n) is 7.69. The van der Waals surface area contributed by atoms with Crippen molar-refractivity contribution in [2.24, 2.45) is 7.05 Å². The summed E-state index contributed by atoms with van der Waals surface area (Å²) in [5.41, 5.74) is 5.04. The Hall–Kier alpha value is -2.80. The molecular weight excluding hydrogens is 442 g/mol. The molecule has 166 valence electrons. The molecule has 2 amide bonds. The minimum atomic E-state index is -0.188. The highest BCUT2D eigenvalue weighted by molar-refractivity contribution is 7.13. The molecule has 7 heteroatoms. The van der Waals surface area contributed by atoms with E-state index in [2.05, 4.69) is 46.6 Å². The van der Waals surface area contributed by atoms with E-state index >= 15 is 0 Å². The number of urea groups is 1. The normalized spacial score (nSPS) is 11.1. The van der Waals surface area contributed by atoms with Gasteiger partial charge in [-0.25, -0.2) is 4.79 Å². The molecule has 32 heavy (non-hydrogen) atoms. The minimum Gasteiger partial charge on any atom is -0.383 e. The second-order valence-corrected chi connectivity index (χ2v) is 9.04. The molecule has 0 unspecified atom stereocenters. The average molecular weight is 468 g/mol. The number of ether oxygens (including phenoxy) is 1. The fourth-order valence-corrected chi connectivity index (χ4v) is 4.89. The van der Waals surface area contributed by atoms with Gasteiger partial charge in [-0.3, -0.25) is 0 Å². The summed E-state index contributed by atoms with van der Waals surface area (Å²) in [6, 6.07) is 17.8. The number of aromatic nitrogens is 1. The number of aryl methyl sites for hydroxylation is 2. The largest absolute Gasteiger partial charge is 0.383 e. The summed E-state index contributed by atoms with van der Waals surface area (Å²) in [5.74, 6) is 0. The van der Waals surface area contributed by atoms with E-state index in [0.29, 0.717) is 30.4 Å². The summed E-state index contributed by atoms with van der Waals surface area (Å²) in [6.45, 7) is 3.31. The van der Waals surface area contributed by atoms with Gasteiger partial charge in [-0.1, -0.05) is 41.9 Å². The molecule has 0 fully saturated rings. The zero-order chi connectivity index (χ0) is 22.7. The van der Waals surface area contributed by atoms with Gasteiger partial charge in [-0.05, 0) is 42.1 Å². The van der Waals surface area contributed by atoms with Crippen LogP contribution in [0.5, 0.6) is 0 Å². The summed E-state index contributed by atoms with van der Waals surface area (Å²) >= 11 is 7.95. The second kappa shape index (κ2) is 9.77. The minimum absolute atomic E-state index is 0.188. The van der Waals surface area contributed by atoms with Crippen LogP contribution < -0.4 is 5.32 Å². The molecule has 0 aliphatic rings. The number of halogens is 1. The number of rotatable bonds is 7. The summed E-state index contributed by atoms with van der Waals surface area (Å²) in [7, 11) is 3.72.